The number of benzene rings is 2. The van der Waals surface area contributed by atoms with E-state index < -0.39 is 11.2 Å². The Labute approximate surface area is 196 Å². The summed E-state index contributed by atoms with van der Waals surface area (Å²) in [4.78, 5) is 46.1. The summed E-state index contributed by atoms with van der Waals surface area (Å²) in [6.45, 7) is 2.55. The van der Waals surface area contributed by atoms with Gasteiger partial charge in [0.15, 0.2) is 11.2 Å². The molecule has 4 rings (SSSR count). The number of hydrogen-bond acceptors (Lipinski definition) is 5. The Morgan fingerprint density at radius 1 is 0.941 bits per heavy atom. The number of unbranched alkanes of at least 4 members (excludes halogenated alkanes) is 1. The highest BCUT2D eigenvalue weighted by Crippen LogP contribution is 2.19. The topological polar surface area (TPSA) is 99.0 Å². The van der Waals surface area contributed by atoms with Crippen molar-refractivity contribution in [2.75, 3.05) is 7.11 Å². The van der Waals surface area contributed by atoms with Gasteiger partial charge in [-0.05, 0) is 30.9 Å². The summed E-state index contributed by atoms with van der Waals surface area (Å²) < 4.78 is 8.34. The van der Waals surface area contributed by atoms with Crippen LogP contribution in [0.5, 0.6) is 5.75 Å². The highest BCUT2D eigenvalue weighted by molar-refractivity contribution is 5.69. The van der Waals surface area contributed by atoms with Crippen LogP contribution >= 0.6 is 0 Å². The Morgan fingerprint density at radius 2 is 1.68 bits per heavy atom. The molecule has 0 aliphatic heterocycles. The number of rotatable bonds is 9. The van der Waals surface area contributed by atoms with E-state index in [0.29, 0.717) is 30.8 Å². The lowest BCUT2D eigenvalue weighted by molar-refractivity contribution is 0.408. The van der Waals surface area contributed by atoms with Crippen LogP contribution < -0.4 is 21.5 Å². The molecule has 4 aromatic rings. The van der Waals surface area contributed by atoms with Gasteiger partial charge in [0.2, 0.25) is 0 Å². The average Bonchev–Trinajstić information content (AvgIpc) is 2.85. The van der Waals surface area contributed by atoms with Crippen molar-refractivity contribution in [1.82, 2.24) is 19.1 Å². The highest BCUT2D eigenvalue weighted by Gasteiger charge is 2.19. The van der Waals surface area contributed by atoms with Crippen molar-refractivity contribution in [2.45, 2.75) is 45.7 Å². The first-order valence-corrected chi connectivity index (χ1v) is 11.5. The Hall–Kier alpha value is -3.94. The summed E-state index contributed by atoms with van der Waals surface area (Å²) in [5.41, 5.74) is 0.988. The molecule has 2 aromatic carbocycles. The molecule has 0 saturated carbocycles. The molecule has 0 atom stereocenters. The molecule has 0 unspecified atom stereocenters. The van der Waals surface area contributed by atoms with E-state index in [1.807, 2.05) is 61.5 Å². The molecule has 2 aromatic heterocycles. The largest absolute Gasteiger partial charge is 0.496 e. The van der Waals surface area contributed by atoms with Crippen molar-refractivity contribution in [2.24, 2.45) is 0 Å². The molecule has 176 valence electrons. The second kappa shape index (κ2) is 10.3. The number of aromatic nitrogens is 4. The van der Waals surface area contributed by atoms with Gasteiger partial charge in [-0.1, -0.05) is 61.9 Å². The van der Waals surface area contributed by atoms with Gasteiger partial charge in [0.25, 0.3) is 11.1 Å². The normalized spacial score (nSPS) is 11.1. The van der Waals surface area contributed by atoms with Crippen LogP contribution in [-0.4, -0.2) is 26.2 Å². The van der Waals surface area contributed by atoms with Crippen LogP contribution in [0, 0.1) is 0 Å². The SMILES string of the molecule is CCCCn1c(=O)[nH]c(=O)c2c1nc(CCc1ccccc1)c(=O)n2Cc1ccccc1OC. The maximum Gasteiger partial charge on any atom is 0.330 e. The highest BCUT2D eigenvalue weighted by atomic mass is 16.5. The number of hydrogen-bond donors (Lipinski definition) is 1. The maximum absolute atomic E-state index is 13.6. The van der Waals surface area contributed by atoms with E-state index in [9.17, 15) is 14.4 Å². The molecule has 8 heteroatoms. The van der Waals surface area contributed by atoms with E-state index in [1.54, 1.807) is 7.11 Å². The molecule has 0 spiro atoms. The van der Waals surface area contributed by atoms with E-state index in [4.69, 9.17) is 4.74 Å². The molecule has 0 amide bonds. The molecule has 2 heterocycles. The third-order valence-corrected chi connectivity index (χ3v) is 5.90. The van der Waals surface area contributed by atoms with E-state index in [-0.39, 0.29) is 23.3 Å². The third kappa shape index (κ3) is 4.71. The van der Waals surface area contributed by atoms with Gasteiger partial charge in [-0.2, -0.15) is 0 Å². The molecular formula is C26H28N4O4. The Kier molecular flexibility index (Phi) is 7.06. The monoisotopic (exact) mass is 460 g/mol. The van der Waals surface area contributed by atoms with Crippen LogP contribution in [0.25, 0.3) is 11.2 Å². The van der Waals surface area contributed by atoms with Crippen LogP contribution in [-0.2, 0) is 25.9 Å². The number of ether oxygens (including phenoxy) is 1. The summed E-state index contributed by atoms with van der Waals surface area (Å²) in [6, 6.07) is 17.2. The average molecular weight is 461 g/mol. The second-order valence-electron chi connectivity index (χ2n) is 8.18. The van der Waals surface area contributed by atoms with Gasteiger partial charge in [-0.15, -0.1) is 0 Å². The molecule has 0 radical (unpaired) electrons. The first-order valence-electron chi connectivity index (χ1n) is 11.5. The van der Waals surface area contributed by atoms with E-state index in [1.165, 1.54) is 9.13 Å². The summed E-state index contributed by atoms with van der Waals surface area (Å²) >= 11 is 0. The lowest BCUT2D eigenvalue weighted by Gasteiger charge is -2.16. The van der Waals surface area contributed by atoms with Gasteiger partial charge in [0.05, 0.1) is 13.7 Å². The Balaban J connectivity index is 1.93. The minimum absolute atomic E-state index is 0.0927. The van der Waals surface area contributed by atoms with Crippen LogP contribution in [0.1, 0.15) is 36.6 Å². The molecule has 0 saturated heterocycles. The molecule has 34 heavy (non-hydrogen) atoms. The molecular weight excluding hydrogens is 432 g/mol. The van der Waals surface area contributed by atoms with Crippen LogP contribution in [0.3, 0.4) is 0 Å². The Morgan fingerprint density at radius 3 is 2.41 bits per heavy atom. The van der Waals surface area contributed by atoms with Crippen LogP contribution in [0.2, 0.25) is 0 Å². The van der Waals surface area contributed by atoms with Gasteiger partial charge in [0.1, 0.15) is 11.4 Å². The number of nitrogens with zero attached hydrogens (tertiary/aromatic N) is 3. The van der Waals surface area contributed by atoms with Crippen molar-refractivity contribution in [3.8, 4) is 5.75 Å². The standard InChI is InChI=1S/C26H28N4O4/c1-3-4-16-29-23-22(24(31)28-26(29)33)30(17-19-12-8-9-13-21(19)34-2)25(32)20(27-23)15-14-18-10-6-5-7-11-18/h5-13H,3-4,14-17H2,1-2H3,(H,28,31,33). The van der Waals surface area contributed by atoms with Gasteiger partial charge in [-0.3, -0.25) is 23.7 Å². The maximum atomic E-state index is 13.6. The minimum atomic E-state index is -0.623. The number of nitrogens with one attached hydrogen (secondary N) is 1. The summed E-state index contributed by atoms with van der Waals surface area (Å²) in [7, 11) is 1.56. The summed E-state index contributed by atoms with van der Waals surface area (Å²) in [6.07, 6.45) is 2.62. The number of aromatic amines is 1. The van der Waals surface area contributed by atoms with Crippen molar-refractivity contribution >= 4 is 11.2 Å². The first kappa shape index (κ1) is 23.2. The van der Waals surface area contributed by atoms with E-state index in [0.717, 1.165) is 24.0 Å². The second-order valence-corrected chi connectivity index (χ2v) is 8.18. The predicted octanol–water partition coefficient (Wildman–Crippen LogP) is 2.89. The molecule has 0 fully saturated rings. The summed E-state index contributed by atoms with van der Waals surface area (Å²) in [5, 5.41) is 0. The molecule has 0 aliphatic rings. The third-order valence-electron chi connectivity index (χ3n) is 5.90. The lowest BCUT2D eigenvalue weighted by Crippen LogP contribution is -2.37. The minimum Gasteiger partial charge on any atom is -0.496 e. The fourth-order valence-electron chi connectivity index (χ4n) is 4.09. The van der Waals surface area contributed by atoms with Crippen molar-refractivity contribution in [3.63, 3.8) is 0 Å². The predicted molar refractivity (Wildman–Crippen MR) is 132 cm³/mol. The van der Waals surface area contributed by atoms with Gasteiger partial charge in [0, 0.05) is 12.1 Å². The zero-order valence-electron chi connectivity index (χ0n) is 19.4. The number of methoxy groups -OCH3 is 1. The number of aryl methyl sites for hydroxylation is 3. The van der Waals surface area contributed by atoms with Crippen molar-refractivity contribution in [3.05, 3.63) is 103 Å². The molecule has 8 nitrogen and oxygen atoms in total. The number of fused-ring (bicyclic) bond motifs is 1. The van der Waals surface area contributed by atoms with E-state index in [2.05, 4.69) is 9.97 Å². The van der Waals surface area contributed by atoms with Gasteiger partial charge < -0.3 is 4.74 Å². The number of para-hydroxylation sites is 1. The Bertz CT molecular complexity index is 1470. The molecule has 0 aliphatic carbocycles. The van der Waals surface area contributed by atoms with Gasteiger partial charge in [-0.25, -0.2) is 9.78 Å². The summed E-state index contributed by atoms with van der Waals surface area (Å²) in [5.74, 6) is 0.612. The number of H-pyrrole nitrogens is 1. The lowest BCUT2D eigenvalue weighted by atomic mass is 10.1. The fraction of sp³-hybridized carbons (Fsp3) is 0.308. The fourth-order valence-corrected chi connectivity index (χ4v) is 4.09. The van der Waals surface area contributed by atoms with Crippen LogP contribution in [0.4, 0.5) is 0 Å². The zero-order valence-corrected chi connectivity index (χ0v) is 19.4. The van der Waals surface area contributed by atoms with Crippen molar-refractivity contribution in [1.29, 1.82) is 0 Å². The first-order chi connectivity index (χ1) is 16.5. The smallest absolute Gasteiger partial charge is 0.330 e. The van der Waals surface area contributed by atoms with Crippen molar-refractivity contribution < 1.29 is 4.74 Å². The zero-order chi connectivity index (χ0) is 24.1. The molecule has 0 bridgehead atoms. The van der Waals surface area contributed by atoms with Gasteiger partial charge >= 0.3 is 5.69 Å². The van der Waals surface area contributed by atoms with Crippen LogP contribution in [0.15, 0.2) is 69.0 Å². The molecule has 1 N–H and O–H groups in total. The quantitative estimate of drug-likeness (QED) is 0.414. The van der Waals surface area contributed by atoms with E-state index >= 15 is 0 Å².